The highest BCUT2D eigenvalue weighted by atomic mass is 35.6. The molecule has 5 nitrogen and oxygen atoms in total. The maximum Gasteiger partial charge on any atom is 0.277 e. The van der Waals surface area contributed by atoms with Gasteiger partial charge < -0.3 is 0 Å². The number of halogens is 3. The van der Waals surface area contributed by atoms with Crippen LogP contribution >= 0.6 is 34.8 Å². The molecule has 1 aromatic heterocycles. The average molecular weight is 414 g/mol. The second-order valence-corrected chi connectivity index (χ2v) is 9.93. The number of aromatic nitrogens is 2. The lowest BCUT2D eigenvalue weighted by molar-refractivity contribution is -0.118. The number of benzene rings is 1. The zero-order valence-corrected chi connectivity index (χ0v) is 16.3. The SMILES string of the molecule is CC1(C)CC(=O)C2=C(C1)n1c(=O)c3ccccc3c(=O)n1C2C(Cl)(Cl)Cl. The van der Waals surface area contributed by atoms with E-state index in [0.29, 0.717) is 12.1 Å². The third kappa shape index (κ3) is 2.41. The van der Waals surface area contributed by atoms with E-state index in [9.17, 15) is 14.4 Å². The highest BCUT2D eigenvalue weighted by Gasteiger charge is 2.51. The molecule has 0 saturated carbocycles. The number of rotatable bonds is 0. The van der Waals surface area contributed by atoms with Crippen LogP contribution in [0, 0.1) is 5.41 Å². The van der Waals surface area contributed by atoms with Crippen LogP contribution in [0.2, 0.25) is 0 Å². The molecule has 0 radical (unpaired) electrons. The molecule has 8 heteroatoms. The number of fused-ring (bicyclic) bond motifs is 3. The number of allylic oxidation sites excluding steroid dienone is 2. The summed E-state index contributed by atoms with van der Waals surface area (Å²) in [6.07, 6.45) is 0.698. The summed E-state index contributed by atoms with van der Waals surface area (Å²) in [5.41, 5.74) is -0.509. The van der Waals surface area contributed by atoms with Crippen molar-refractivity contribution < 1.29 is 4.79 Å². The van der Waals surface area contributed by atoms with Crippen LogP contribution in [0.25, 0.3) is 16.5 Å². The summed E-state index contributed by atoms with van der Waals surface area (Å²) in [6.45, 7) is 3.87. The molecule has 2 heterocycles. The fourth-order valence-electron chi connectivity index (χ4n) is 3.99. The monoisotopic (exact) mass is 412 g/mol. The number of nitrogens with zero attached hydrogens (tertiary/aromatic N) is 2. The first-order chi connectivity index (χ1) is 12.0. The average Bonchev–Trinajstić information content (AvgIpc) is 2.87. The summed E-state index contributed by atoms with van der Waals surface area (Å²) >= 11 is 18.5. The summed E-state index contributed by atoms with van der Waals surface area (Å²) in [7, 11) is 0. The molecule has 0 spiro atoms. The standard InChI is InChI=1S/C18H15Cl3N2O3/c1-17(2)7-11-13(12(24)8-17)14(18(19,20)21)23-16(26)10-6-4-3-5-9(10)15(25)22(11)23/h3-6,14H,7-8H2,1-2H3. The van der Waals surface area contributed by atoms with E-state index in [-0.39, 0.29) is 34.0 Å². The molecule has 26 heavy (non-hydrogen) atoms. The molecule has 1 aliphatic heterocycles. The van der Waals surface area contributed by atoms with Gasteiger partial charge in [0.1, 0.15) is 6.04 Å². The van der Waals surface area contributed by atoms with Gasteiger partial charge >= 0.3 is 0 Å². The Hall–Kier alpha value is -1.56. The van der Waals surface area contributed by atoms with Gasteiger partial charge in [0.15, 0.2) is 5.78 Å². The summed E-state index contributed by atoms with van der Waals surface area (Å²) in [5, 5.41) is 0.515. The normalized spacial score (nSPS) is 21.9. The van der Waals surface area contributed by atoms with Crippen LogP contribution in [0.1, 0.15) is 32.7 Å². The molecule has 2 aliphatic rings. The maximum atomic E-state index is 13.1. The van der Waals surface area contributed by atoms with Crippen molar-refractivity contribution >= 4 is 57.1 Å². The first-order valence-corrected chi connectivity index (χ1v) is 9.26. The molecule has 0 saturated heterocycles. The fourth-order valence-corrected chi connectivity index (χ4v) is 4.60. The first-order valence-electron chi connectivity index (χ1n) is 8.13. The highest BCUT2D eigenvalue weighted by molar-refractivity contribution is 6.68. The lowest BCUT2D eigenvalue weighted by atomic mass is 9.75. The van der Waals surface area contributed by atoms with Crippen LogP contribution in [0.4, 0.5) is 0 Å². The molecule has 1 aliphatic carbocycles. The largest absolute Gasteiger partial charge is 0.294 e. The summed E-state index contributed by atoms with van der Waals surface area (Å²) in [6, 6.07) is 5.38. The van der Waals surface area contributed by atoms with E-state index in [2.05, 4.69) is 0 Å². The van der Waals surface area contributed by atoms with E-state index >= 15 is 0 Å². The lowest BCUT2D eigenvalue weighted by Crippen LogP contribution is -2.40. The Bertz CT molecular complexity index is 1120. The fraction of sp³-hybridized carbons (Fsp3) is 0.389. The second kappa shape index (κ2) is 5.47. The van der Waals surface area contributed by atoms with Gasteiger partial charge in [-0.1, -0.05) is 60.8 Å². The Labute approximate surface area is 163 Å². The number of ketones is 1. The Morgan fingerprint density at radius 3 is 2.15 bits per heavy atom. The Morgan fingerprint density at radius 1 is 1.00 bits per heavy atom. The van der Waals surface area contributed by atoms with Crippen LogP contribution in [0.3, 0.4) is 0 Å². The molecular formula is C18H15Cl3N2O3. The molecule has 2 aromatic rings. The van der Waals surface area contributed by atoms with Crippen molar-refractivity contribution in [3.8, 4) is 0 Å². The molecule has 136 valence electrons. The predicted molar refractivity (Wildman–Crippen MR) is 103 cm³/mol. The van der Waals surface area contributed by atoms with E-state index in [1.54, 1.807) is 24.3 Å². The molecule has 0 amide bonds. The van der Waals surface area contributed by atoms with E-state index in [0.717, 1.165) is 4.68 Å². The van der Waals surface area contributed by atoms with Gasteiger partial charge in [-0.15, -0.1) is 0 Å². The minimum Gasteiger partial charge on any atom is -0.294 e. The Kier molecular flexibility index (Phi) is 3.75. The number of alkyl halides is 3. The van der Waals surface area contributed by atoms with Crippen molar-refractivity contribution in [3.63, 3.8) is 0 Å². The number of carbonyl (C=O) groups excluding carboxylic acids is 1. The molecular weight excluding hydrogens is 399 g/mol. The summed E-state index contributed by atoms with van der Waals surface area (Å²) < 4.78 is 0.432. The number of hydrogen-bond acceptors (Lipinski definition) is 3. The maximum absolute atomic E-state index is 13.1. The molecule has 1 unspecified atom stereocenters. The molecule has 0 N–H and O–H groups in total. The van der Waals surface area contributed by atoms with Gasteiger partial charge in [-0.05, 0) is 24.0 Å². The predicted octanol–water partition coefficient (Wildman–Crippen LogP) is 3.69. The van der Waals surface area contributed by atoms with Gasteiger partial charge in [-0.2, -0.15) is 0 Å². The van der Waals surface area contributed by atoms with Crippen molar-refractivity contribution in [2.75, 3.05) is 0 Å². The zero-order valence-electron chi connectivity index (χ0n) is 14.1. The van der Waals surface area contributed by atoms with Crippen molar-refractivity contribution in [1.29, 1.82) is 0 Å². The number of Topliss-reactive ketones (excluding diaryl/α,β-unsaturated/α-hetero) is 1. The topological polar surface area (TPSA) is 61.1 Å². The van der Waals surface area contributed by atoms with Crippen LogP contribution in [0.5, 0.6) is 0 Å². The van der Waals surface area contributed by atoms with Gasteiger partial charge in [0.25, 0.3) is 11.1 Å². The van der Waals surface area contributed by atoms with Crippen LogP contribution in [0.15, 0.2) is 39.4 Å². The van der Waals surface area contributed by atoms with Crippen LogP contribution in [-0.2, 0) is 4.79 Å². The van der Waals surface area contributed by atoms with Crippen molar-refractivity contribution in [2.45, 2.75) is 36.5 Å². The molecule has 1 atom stereocenters. The second-order valence-electron chi connectivity index (χ2n) is 7.56. The molecule has 4 rings (SSSR count). The molecule has 0 bridgehead atoms. The van der Waals surface area contributed by atoms with E-state index < -0.39 is 21.0 Å². The summed E-state index contributed by atoms with van der Waals surface area (Å²) in [5.74, 6) is -0.202. The van der Waals surface area contributed by atoms with Gasteiger partial charge in [0, 0.05) is 12.0 Å². The Balaban J connectivity index is 2.18. The minimum atomic E-state index is -1.95. The quantitative estimate of drug-likeness (QED) is 0.619. The molecule has 1 aromatic carbocycles. The van der Waals surface area contributed by atoms with Crippen molar-refractivity contribution in [1.82, 2.24) is 9.36 Å². The summed E-state index contributed by atoms with van der Waals surface area (Å²) in [4.78, 5) is 39.1. The van der Waals surface area contributed by atoms with E-state index in [1.807, 2.05) is 13.8 Å². The number of hydrogen-bond donors (Lipinski definition) is 0. The smallest absolute Gasteiger partial charge is 0.277 e. The Morgan fingerprint density at radius 2 is 1.58 bits per heavy atom. The third-order valence-corrected chi connectivity index (χ3v) is 5.60. The van der Waals surface area contributed by atoms with E-state index in [4.69, 9.17) is 34.8 Å². The zero-order chi connectivity index (χ0) is 19.0. The number of carbonyl (C=O) groups is 1. The lowest BCUT2D eigenvalue weighted by Gasteiger charge is -2.31. The van der Waals surface area contributed by atoms with Gasteiger partial charge in [0.2, 0.25) is 3.79 Å². The van der Waals surface area contributed by atoms with Crippen LogP contribution < -0.4 is 11.1 Å². The minimum absolute atomic E-state index is 0.202. The molecule has 0 fully saturated rings. The first kappa shape index (κ1) is 17.8. The van der Waals surface area contributed by atoms with Gasteiger partial charge in [-0.3, -0.25) is 14.4 Å². The van der Waals surface area contributed by atoms with Gasteiger partial charge in [-0.25, -0.2) is 9.36 Å². The highest BCUT2D eigenvalue weighted by Crippen LogP contribution is 2.52. The third-order valence-electron chi connectivity index (χ3n) is 4.98. The van der Waals surface area contributed by atoms with Gasteiger partial charge in [0.05, 0.1) is 16.5 Å². The van der Waals surface area contributed by atoms with E-state index in [1.165, 1.54) is 4.68 Å². The van der Waals surface area contributed by atoms with Crippen LogP contribution in [-0.4, -0.2) is 18.9 Å². The van der Waals surface area contributed by atoms with Crippen molar-refractivity contribution in [2.24, 2.45) is 5.41 Å². The van der Waals surface area contributed by atoms with Crippen molar-refractivity contribution in [3.05, 3.63) is 50.5 Å².